The van der Waals surface area contributed by atoms with Crippen molar-refractivity contribution in [1.82, 2.24) is 0 Å². The molecule has 0 saturated carbocycles. The van der Waals surface area contributed by atoms with E-state index in [1.54, 1.807) is 0 Å². The van der Waals surface area contributed by atoms with E-state index < -0.39 is 0 Å². The van der Waals surface area contributed by atoms with Gasteiger partial charge in [0.2, 0.25) is 0 Å². The molecule has 0 aliphatic heterocycles. The van der Waals surface area contributed by atoms with Crippen LogP contribution in [-0.2, 0) is 58.7 Å². The van der Waals surface area contributed by atoms with Gasteiger partial charge in [0.05, 0.1) is 0 Å². The van der Waals surface area contributed by atoms with Crippen molar-refractivity contribution in [3.05, 3.63) is 0 Å². The Bertz CT molecular complexity index is 11.6. The maximum atomic E-state index is 8.28. The van der Waals surface area contributed by atoms with Crippen LogP contribution in [0.4, 0.5) is 0 Å². The average Bonchev–Trinajstić information content (AvgIpc) is 1.00. The molecule has 0 N–H and O–H groups in total. The van der Waals surface area contributed by atoms with Gasteiger partial charge in [0, 0.05) is 54.9 Å². The zero-order valence-corrected chi connectivity index (χ0v) is 7.93. The van der Waals surface area contributed by atoms with Crippen molar-refractivity contribution in [2.75, 3.05) is 0 Å². The van der Waals surface area contributed by atoms with E-state index in [2.05, 4.69) is 0 Å². The van der Waals surface area contributed by atoms with Crippen LogP contribution in [0.3, 0.4) is 0 Å². The molecule has 0 aliphatic carbocycles. The summed E-state index contributed by atoms with van der Waals surface area (Å²) in [6.07, 6.45) is 0. The monoisotopic (exact) mass is 252 g/mol. The van der Waals surface area contributed by atoms with Gasteiger partial charge in [-0.2, -0.15) is 0 Å². The second-order valence-corrected chi connectivity index (χ2v) is 0. The number of hydrogen-bond donors (Lipinski definition) is 0. The third kappa shape index (κ3) is 23.6. The minimum atomic E-state index is 0. The first-order chi connectivity index (χ1) is 1.00. The van der Waals surface area contributed by atoms with Gasteiger partial charge in [0.1, 0.15) is 0 Å². The van der Waals surface area contributed by atoms with E-state index in [0.29, 0.717) is 16.2 Å². The summed E-state index contributed by atoms with van der Waals surface area (Å²) < 4.78 is 8.28. The molecule has 0 aromatic carbocycles. The van der Waals surface area contributed by atoms with Gasteiger partial charge in [-0.05, 0) is 0 Å². The Kier molecular flexibility index (Phi) is 204. The molecule has 0 amide bonds. The van der Waals surface area contributed by atoms with E-state index in [0.717, 1.165) is 0 Å². The SMILES string of the molecule is [Cr].[Mo].[Ni].[O]=[AlH]. The predicted octanol–water partition coefficient (Wildman–Crippen LogP) is -0.775. The van der Waals surface area contributed by atoms with Gasteiger partial charge >= 0.3 is 20.0 Å². The fourth-order valence-corrected chi connectivity index (χ4v) is 0. The Labute approximate surface area is 74.2 Å². The Hall–Kier alpha value is 2.05. The molecule has 0 fully saturated rings. The van der Waals surface area contributed by atoms with Crippen LogP contribution in [0.15, 0.2) is 0 Å². The standard InChI is InChI=1S/Al.Cr.Mo.Ni.O.H. The molecule has 0 heterocycles. The van der Waals surface area contributed by atoms with Crippen LogP contribution in [0.5, 0.6) is 0 Å². The molecule has 5 heteroatoms. The van der Waals surface area contributed by atoms with E-state index in [9.17, 15) is 0 Å². The second kappa shape index (κ2) is 36.8. The maximum absolute atomic E-state index is 8.28. The molecule has 0 saturated heterocycles. The molecule has 0 bridgehead atoms. The number of hydrogen-bond acceptors (Lipinski definition) is 1. The molecule has 0 aliphatic rings. The molecule has 0 atom stereocenters. The van der Waals surface area contributed by atoms with Gasteiger partial charge in [-0.25, -0.2) is 0 Å². The van der Waals surface area contributed by atoms with E-state index in [1.165, 1.54) is 0 Å². The molecule has 0 aromatic rings. The van der Waals surface area contributed by atoms with Gasteiger partial charge in [0.25, 0.3) is 0 Å². The van der Waals surface area contributed by atoms with E-state index >= 15 is 0 Å². The van der Waals surface area contributed by atoms with Crippen molar-refractivity contribution in [1.29, 1.82) is 0 Å². The summed E-state index contributed by atoms with van der Waals surface area (Å²) >= 11 is 0.611. The van der Waals surface area contributed by atoms with Crippen LogP contribution in [0.25, 0.3) is 0 Å². The van der Waals surface area contributed by atoms with E-state index in [1.807, 2.05) is 0 Å². The van der Waals surface area contributed by atoms with Crippen molar-refractivity contribution >= 4 is 16.2 Å². The zero-order chi connectivity index (χ0) is 2.00. The number of rotatable bonds is 0. The van der Waals surface area contributed by atoms with Gasteiger partial charge in [0.15, 0.2) is 0 Å². The first-order valence-electron chi connectivity index (χ1n) is 0.289. The second-order valence-electron chi connectivity index (χ2n) is 0. The minimum absolute atomic E-state index is 0. The molecular weight excluding hydrogens is 250 g/mol. The van der Waals surface area contributed by atoms with Crippen LogP contribution in [0.1, 0.15) is 0 Å². The molecule has 0 radical (unpaired) electrons. The third-order valence-corrected chi connectivity index (χ3v) is 0. The molecular formula is HAlCrMoNiO. The summed E-state index contributed by atoms with van der Waals surface area (Å²) in [6.45, 7) is 0. The molecule has 32 valence electrons. The van der Waals surface area contributed by atoms with Crippen LogP contribution >= 0.6 is 0 Å². The molecule has 0 spiro atoms. The molecule has 5 heavy (non-hydrogen) atoms. The first-order valence-corrected chi connectivity index (χ1v) is 0.866. The topological polar surface area (TPSA) is 17.1 Å². The Balaban J connectivity index is -0.00000000167. The molecule has 0 rings (SSSR count). The Morgan fingerprint density at radius 1 is 1.20 bits per heavy atom. The fourth-order valence-electron chi connectivity index (χ4n) is 0. The van der Waals surface area contributed by atoms with Crippen molar-refractivity contribution in [3.8, 4) is 0 Å². The predicted molar refractivity (Wildman–Crippen MR) is 7.84 cm³/mol. The molecule has 0 aromatic heterocycles. The average molecular weight is 251 g/mol. The van der Waals surface area contributed by atoms with Crippen molar-refractivity contribution < 1.29 is 58.7 Å². The normalized spacial score (nSPS) is 0.600. The summed E-state index contributed by atoms with van der Waals surface area (Å²) in [4.78, 5) is 0. The van der Waals surface area contributed by atoms with Gasteiger partial charge in [-0.3, -0.25) is 0 Å². The van der Waals surface area contributed by atoms with E-state index in [-0.39, 0.29) is 54.9 Å². The Morgan fingerprint density at radius 3 is 1.20 bits per heavy atom. The summed E-state index contributed by atoms with van der Waals surface area (Å²) in [7, 11) is 0. The van der Waals surface area contributed by atoms with Gasteiger partial charge in [-0.15, -0.1) is 0 Å². The van der Waals surface area contributed by atoms with Crippen LogP contribution in [0, 0.1) is 0 Å². The van der Waals surface area contributed by atoms with Crippen LogP contribution in [0.2, 0.25) is 0 Å². The van der Waals surface area contributed by atoms with Crippen LogP contribution < -0.4 is 0 Å². The van der Waals surface area contributed by atoms with E-state index in [4.69, 9.17) is 3.80 Å². The van der Waals surface area contributed by atoms with Crippen molar-refractivity contribution in [2.45, 2.75) is 0 Å². The van der Waals surface area contributed by atoms with Gasteiger partial charge < -0.3 is 0 Å². The first kappa shape index (κ1) is 27.8. The summed E-state index contributed by atoms with van der Waals surface area (Å²) in [5, 5.41) is 0. The van der Waals surface area contributed by atoms with Crippen molar-refractivity contribution in [3.63, 3.8) is 0 Å². The fraction of sp³-hybridized carbons (Fsp3) is 0. The molecule has 0 unspecified atom stereocenters. The van der Waals surface area contributed by atoms with Gasteiger partial charge in [-0.1, -0.05) is 0 Å². The summed E-state index contributed by atoms with van der Waals surface area (Å²) in [6, 6.07) is 0. The van der Waals surface area contributed by atoms with Crippen molar-refractivity contribution in [2.24, 2.45) is 0 Å². The van der Waals surface area contributed by atoms with Crippen LogP contribution in [-0.4, -0.2) is 16.2 Å². The molecule has 1 nitrogen and oxygen atoms in total. The third-order valence-electron chi connectivity index (χ3n) is 0. The Morgan fingerprint density at radius 2 is 1.20 bits per heavy atom. The summed E-state index contributed by atoms with van der Waals surface area (Å²) in [5.41, 5.74) is 0. The summed E-state index contributed by atoms with van der Waals surface area (Å²) in [5.74, 6) is 0. The zero-order valence-electron chi connectivity index (χ0n) is 2.25. The quantitative estimate of drug-likeness (QED) is 0.516.